The van der Waals surface area contributed by atoms with Crippen LogP contribution in [0.5, 0.6) is 0 Å². The fraction of sp³-hybridized carbons (Fsp3) is 0.889. The zero-order chi connectivity index (χ0) is 17.0. The first kappa shape index (κ1) is 18.2. The molecular weight excluding hydrogens is 292 g/mol. The monoisotopic (exact) mass is 324 g/mol. The molecule has 1 saturated carbocycles. The molecule has 23 heavy (non-hydrogen) atoms. The minimum absolute atomic E-state index is 0.0461. The van der Waals surface area contributed by atoms with Gasteiger partial charge in [-0.25, -0.2) is 0 Å². The zero-order valence-corrected chi connectivity index (χ0v) is 14.8. The fourth-order valence-corrected chi connectivity index (χ4v) is 3.95. The third-order valence-electron chi connectivity index (χ3n) is 5.76. The Kier molecular flexibility index (Phi) is 6.45. The van der Waals surface area contributed by atoms with E-state index in [0.29, 0.717) is 25.0 Å². The third-order valence-corrected chi connectivity index (χ3v) is 5.76. The van der Waals surface area contributed by atoms with E-state index in [1.165, 1.54) is 0 Å². The molecule has 1 saturated heterocycles. The van der Waals surface area contributed by atoms with Crippen LogP contribution in [-0.4, -0.2) is 59.5 Å². The van der Waals surface area contributed by atoms with E-state index in [2.05, 4.69) is 25.8 Å². The van der Waals surface area contributed by atoms with E-state index >= 15 is 0 Å². The Morgan fingerprint density at radius 1 is 1.13 bits per heavy atom. The molecule has 1 N–H and O–H groups in total. The lowest BCUT2D eigenvalue weighted by atomic mass is 9.88. The van der Waals surface area contributed by atoms with Gasteiger partial charge in [-0.1, -0.05) is 12.8 Å². The molecule has 0 aromatic rings. The van der Waals surface area contributed by atoms with Crippen LogP contribution >= 0.6 is 0 Å². The average Bonchev–Trinajstić information content (AvgIpc) is 3.01. The van der Waals surface area contributed by atoms with Gasteiger partial charge in [0.05, 0.1) is 0 Å². The first-order valence-electron chi connectivity index (χ1n) is 9.12. The molecule has 1 atom stereocenters. The highest BCUT2D eigenvalue weighted by atomic mass is 16.4. The number of hydrogen-bond donors (Lipinski definition) is 1. The molecule has 1 amide bonds. The topological polar surface area (TPSA) is 60.9 Å². The number of aliphatic carboxylic acids is 1. The second kappa shape index (κ2) is 8.13. The zero-order valence-electron chi connectivity index (χ0n) is 14.8. The van der Waals surface area contributed by atoms with Crippen molar-refractivity contribution in [2.45, 2.75) is 58.4 Å². The summed E-state index contributed by atoms with van der Waals surface area (Å²) in [6, 6.07) is 0.536. The predicted molar refractivity (Wildman–Crippen MR) is 90.2 cm³/mol. The number of piperidine rings is 1. The SMILES string of the molecule is CC(C)N(C)CC1CCN(C(=O)[C@@H](C(=O)O)C2CCCC2)CC1. The Balaban J connectivity index is 1.88. The molecule has 0 spiro atoms. The second-order valence-electron chi connectivity index (χ2n) is 7.66. The highest BCUT2D eigenvalue weighted by Gasteiger charge is 2.39. The molecule has 132 valence electrons. The molecule has 0 bridgehead atoms. The molecule has 0 radical (unpaired) electrons. The first-order chi connectivity index (χ1) is 10.9. The minimum Gasteiger partial charge on any atom is -0.481 e. The van der Waals surface area contributed by atoms with Gasteiger partial charge >= 0.3 is 5.97 Å². The summed E-state index contributed by atoms with van der Waals surface area (Å²) in [6.07, 6.45) is 5.87. The average molecular weight is 324 g/mol. The summed E-state index contributed by atoms with van der Waals surface area (Å²) in [4.78, 5) is 28.5. The van der Waals surface area contributed by atoms with Crippen LogP contribution in [0, 0.1) is 17.8 Å². The summed E-state index contributed by atoms with van der Waals surface area (Å²) < 4.78 is 0. The highest BCUT2D eigenvalue weighted by Crippen LogP contribution is 2.33. The molecule has 5 heteroatoms. The Labute approximate surface area is 140 Å². The van der Waals surface area contributed by atoms with Crippen molar-refractivity contribution < 1.29 is 14.7 Å². The van der Waals surface area contributed by atoms with E-state index < -0.39 is 11.9 Å². The largest absolute Gasteiger partial charge is 0.481 e. The van der Waals surface area contributed by atoms with Gasteiger partial charge in [0.25, 0.3) is 0 Å². The summed E-state index contributed by atoms with van der Waals surface area (Å²) in [5.74, 6) is -1.22. The summed E-state index contributed by atoms with van der Waals surface area (Å²) in [5, 5.41) is 9.51. The third kappa shape index (κ3) is 4.69. The van der Waals surface area contributed by atoms with Crippen molar-refractivity contribution in [1.82, 2.24) is 9.80 Å². The van der Waals surface area contributed by atoms with Crippen LogP contribution in [0.25, 0.3) is 0 Å². The molecule has 5 nitrogen and oxygen atoms in total. The predicted octanol–water partition coefficient (Wildman–Crippen LogP) is 2.46. The molecule has 2 rings (SSSR count). The van der Waals surface area contributed by atoms with E-state index in [-0.39, 0.29) is 11.8 Å². The van der Waals surface area contributed by atoms with Gasteiger partial charge in [-0.05, 0) is 58.4 Å². The Morgan fingerprint density at radius 2 is 1.70 bits per heavy atom. The molecular formula is C18H32N2O3. The van der Waals surface area contributed by atoms with Crippen molar-refractivity contribution in [2.75, 3.05) is 26.7 Å². The molecule has 1 heterocycles. The van der Waals surface area contributed by atoms with E-state index in [0.717, 1.165) is 45.1 Å². The number of rotatable bonds is 6. The molecule has 1 aliphatic carbocycles. The lowest BCUT2D eigenvalue weighted by molar-refractivity contribution is -0.154. The normalized spacial score (nSPS) is 22.0. The number of amides is 1. The number of carboxylic acid groups (broad SMARTS) is 1. The van der Waals surface area contributed by atoms with Crippen LogP contribution in [0.1, 0.15) is 52.4 Å². The van der Waals surface area contributed by atoms with Crippen LogP contribution in [0.2, 0.25) is 0 Å². The van der Waals surface area contributed by atoms with Crippen molar-refractivity contribution in [3.8, 4) is 0 Å². The fourth-order valence-electron chi connectivity index (χ4n) is 3.95. The van der Waals surface area contributed by atoms with Gasteiger partial charge in [-0.2, -0.15) is 0 Å². The van der Waals surface area contributed by atoms with Crippen LogP contribution in [0.3, 0.4) is 0 Å². The van der Waals surface area contributed by atoms with E-state index in [1.807, 2.05) is 4.90 Å². The minimum atomic E-state index is -0.927. The van der Waals surface area contributed by atoms with Crippen LogP contribution < -0.4 is 0 Å². The van der Waals surface area contributed by atoms with Gasteiger partial charge in [-0.15, -0.1) is 0 Å². The number of carboxylic acids is 1. The van der Waals surface area contributed by atoms with Crippen molar-refractivity contribution in [3.05, 3.63) is 0 Å². The molecule has 0 aromatic carbocycles. The smallest absolute Gasteiger partial charge is 0.316 e. The maximum atomic E-state index is 12.7. The van der Waals surface area contributed by atoms with Crippen LogP contribution in [-0.2, 0) is 9.59 Å². The van der Waals surface area contributed by atoms with Gasteiger partial charge in [0.2, 0.25) is 5.91 Å². The van der Waals surface area contributed by atoms with Crippen LogP contribution in [0.15, 0.2) is 0 Å². The second-order valence-corrected chi connectivity index (χ2v) is 7.66. The number of carbonyl (C=O) groups excluding carboxylic acids is 1. The van der Waals surface area contributed by atoms with E-state index in [1.54, 1.807) is 0 Å². The maximum Gasteiger partial charge on any atom is 0.316 e. The molecule has 0 aromatic heterocycles. The Morgan fingerprint density at radius 3 is 2.17 bits per heavy atom. The Hall–Kier alpha value is -1.10. The van der Waals surface area contributed by atoms with Crippen molar-refractivity contribution in [3.63, 3.8) is 0 Å². The number of hydrogen-bond acceptors (Lipinski definition) is 3. The standard InChI is InChI=1S/C18H32N2O3/c1-13(2)19(3)12-14-8-10-20(11-9-14)17(21)16(18(22)23)15-6-4-5-7-15/h13-16H,4-12H2,1-3H3,(H,22,23)/t16-/m0/s1. The lowest BCUT2D eigenvalue weighted by Gasteiger charge is -2.36. The summed E-state index contributed by atoms with van der Waals surface area (Å²) >= 11 is 0. The summed E-state index contributed by atoms with van der Waals surface area (Å²) in [6.45, 7) is 6.87. The molecule has 2 aliphatic rings. The highest BCUT2D eigenvalue weighted by molar-refractivity contribution is 5.97. The maximum absolute atomic E-state index is 12.7. The summed E-state index contributed by atoms with van der Waals surface area (Å²) in [7, 11) is 2.14. The first-order valence-corrected chi connectivity index (χ1v) is 9.12. The van der Waals surface area contributed by atoms with Gasteiger partial charge < -0.3 is 14.9 Å². The van der Waals surface area contributed by atoms with E-state index in [9.17, 15) is 14.7 Å². The lowest BCUT2D eigenvalue weighted by Crippen LogP contribution is -2.47. The van der Waals surface area contributed by atoms with Crippen LogP contribution in [0.4, 0.5) is 0 Å². The Bertz CT molecular complexity index is 410. The van der Waals surface area contributed by atoms with Gasteiger partial charge in [-0.3, -0.25) is 9.59 Å². The number of nitrogens with zero attached hydrogens (tertiary/aromatic N) is 2. The van der Waals surface area contributed by atoms with Gasteiger partial charge in [0.15, 0.2) is 0 Å². The van der Waals surface area contributed by atoms with E-state index in [4.69, 9.17) is 0 Å². The number of likely N-dealkylation sites (tertiary alicyclic amines) is 1. The van der Waals surface area contributed by atoms with Gasteiger partial charge in [0.1, 0.15) is 5.92 Å². The number of carbonyl (C=O) groups is 2. The van der Waals surface area contributed by atoms with Crippen molar-refractivity contribution in [1.29, 1.82) is 0 Å². The molecule has 0 unspecified atom stereocenters. The molecule has 1 aliphatic heterocycles. The van der Waals surface area contributed by atoms with Crippen molar-refractivity contribution in [2.24, 2.45) is 17.8 Å². The quantitative estimate of drug-likeness (QED) is 0.763. The van der Waals surface area contributed by atoms with Gasteiger partial charge in [0, 0.05) is 25.7 Å². The van der Waals surface area contributed by atoms with Crippen molar-refractivity contribution >= 4 is 11.9 Å². The molecule has 2 fully saturated rings. The summed E-state index contributed by atoms with van der Waals surface area (Å²) in [5.41, 5.74) is 0.